The van der Waals surface area contributed by atoms with Gasteiger partial charge >= 0.3 is 0 Å². The highest BCUT2D eigenvalue weighted by molar-refractivity contribution is 8.93. The number of hydrogen-bond donors (Lipinski definition) is 4. The van der Waals surface area contributed by atoms with Crippen molar-refractivity contribution < 1.29 is 9.90 Å². The number of anilines is 1. The number of nitrogens with two attached hydrogens (primary N) is 1. The zero-order valence-corrected chi connectivity index (χ0v) is 15.6. The first-order chi connectivity index (χ1) is 11.5. The summed E-state index contributed by atoms with van der Waals surface area (Å²) in [5.41, 5.74) is 7.10. The largest absolute Gasteiger partial charge is 0.390 e. The Balaban J connectivity index is 0.00000157. The van der Waals surface area contributed by atoms with Crippen LogP contribution in [0.5, 0.6) is 0 Å². The Morgan fingerprint density at radius 2 is 2.04 bits per heavy atom. The monoisotopic (exact) mass is 406 g/mol. The van der Waals surface area contributed by atoms with E-state index in [0.29, 0.717) is 29.4 Å². The Hall–Kier alpha value is -1.60. The molecule has 0 aromatic carbocycles. The van der Waals surface area contributed by atoms with Gasteiger partial charge in [-0.1, -0.05) is 0 Å². The van der Waals surface area contributed by atoms with Gasteiger partial charge < -0.3 is 21.1 Å². The number of H-pyrrole nitrogens is 1. The van der Waals surface area contributed by atoms with E-state index in [2.05, 4.69) is 15.3 Å². The maximum absolute atomic E-state index is 11.9. The van der Waals surface area contributed by atoms with E-state index < -0.39 is 11.5 Å². The molecule has 134 valence electrons. The summed E-state index contributed by atoms with van der Waals surface area (Å²) in [6, 6.07) is 2.22. The number of rotatable bonds is 3. The molecule has 25 heavy (non-hydrogen) atoms. The molecule has 2 heterocycles. The summed E-state index contributed by atoms with van der Waals surface area (Å²) in [6.45, 7) is 0. The molecule has 2 unspecified atom stereocenters. The van der Waals surface area contributed by atoms with Crippen molar-refractivity contribution in [2.75, 3.05) is 5.32 Å². The highest BCUT2D eigenvalue weighted by Crippen LogP contribution is 2.56. The van der Waals surface area contributed by atoms with Gasteiger partial charge in [-0.3, -0.25) is 4.79 Å². The SMILES string of the molecule is Br.NC(=O)c1cnc2[nH]ccc2c1NC1C2CC3CC1CC(O)(C3)C2. The lowest BCUT2D eigenvalue weighted by atomic mass is 9.52. The highest BCUT2D eigenvalue weighted by Gasteiger charge is 2.54. The second-order valence-electron chi connectivity index (χ2n) is 8.02. The molecule has 7 heteroatoms. The molecular formula is C18H23BrN4O2. The third-order valence-electron chi connectivity index (χ3n) is 6.40. The van der Waals surface area contributed by atoms with Crippen LogP contribution >= 0.6 is 17.0 Å². The average molecular weight is 407 g/mol. The van der Waals surface area contributed by atoms with Crippen molar-refractivity contribution in [3.8, 4) is 0 Å². The van der Waals surface area contributed by atoms with Gasteiger partial charge in [0.15, 0.2) is 0 Å². The number of pyridine rings is 1. The molecule has 4 aliphatic rings. The van der Waals surface area contributed by atoms with E-state index in [-0.39, 0.29) is 17.0 Å². The van der Waals surface area contributed by atoms with E-state index in [9.17, 15) is 9.90 Å². The van der Waals surface area contributed by atoms with Gasteiger partial charge in [-0.2, -0.15) is 0 Å². The summed E-state index contributed by atoms with van der Waals surface area (Å²) in [4.78, 5) is 19.3. The predicted molar refractivity (Wildman–Crippen MR) is 101 cm³/mol. The Bertz CT molecular complexity index is 820. The molecule has 6 nitrogen and oxygen atoms in total. The third kappa shape index (κ3) is 2.56. The molecule has 5 N–H and O–H groups in total. The number of nitrogens with zero attached hydrogens (tertiary/aromatic N) is 1. The molecule has 0 spiro atoms. The summed E-state index contributed by atoms with van der Waals surface area (Å²) in [5.74, 6) is 1.12. The van der Waals surface area contributed by atoms with Gasteiger partial charge in [-0.05, 0) is 55.9 Å². The van der Waals surface area contributed by atoms with Gasteiger partial charge in [0.25, 0.3) is 5.91 Å². The zero-order chi connectivity index (χ0) is 16.5. The lowest BCUT2D eigenvalue weighted by molar-refractivity contribution is -0.129. The van der Waals surface area contributed by atoms with Crippen molar-refractivity contribution in [1.82, 2.24) is 9.97 Å². The van der Waals surface area contributed by atoms with Crippen LogP contribution in [-0.2, 0) is 0 Å². The fourth-order valence-electron chi connectivity index (χ4n) is 5.73. The molecule has 0 saturated heterocycles. The Labute approximate surface area is 156 Å². The molecule has 4 aliphatic carbocycles. The minimum atomic E-state index is -0.462. The first kappa shape index (κ1) is 16.8. The van der Waals surface area contributed by atoms with Gasteiger partial charge in [-0.15, -0.1) is 17.0 Å². The second kappa shape index (κ2) is 5.71. The topological polar surface area (TPSA) is 104 Å². The molecule has 0 radical (unpaired) electrons. The fourth-order valence-corrected chi connectivity index (χ4v) is 5.73. The maximum atomic E-state index is 11.9. The van der Waals surface area contributed by atoms with Gasteiger partial charge in [0.1, 0.15) is 5.65 Å². The molecule has 6 rings (SSSR count). The summed E-state index contributed by atoms with van der Waals surface area (Å²) in [5, 5.41) is 15.3. The summed E-state index contributed by atoms with van der Waals surface area (Å²) >= 11 is 0. The van der Waals surface area contributed by atoms with Crippen molar-refractivity contribution in [1.29, 1.82) is 0 Å². The second-order valence-corrected chi connectivity index (χ2v) is 8.02. The van der Waals surface area contributed by atoms with Crippen molar-refractivity contribution in [3.05, 3.63) is 24.0 Å². The average Bonchev–Trinajstić information content (AvgIpc) is 2.97. The predicted octanol–water partition coefficient (Wildman–Crippen LogP) is 2.59. The fraction of sp³-hybridized carbons (Fsp3) is 0.556. The van der Waals surface area contributed by atoms with Crippen LogP contribution in [0.3, 0.4) is 0 Å². The number of aromatic amines is 1. The number of aromatic nitrogens is 2. The van der Waals surface area contributed by atoms with Gasteiger partial charge in [0, 0.05) is 23.8 Å². The number of amides is 1. The van der Waals surface area contributed by atoms with E-state index in [1.165, 1.54) is 12.8 Å². The van der Waals surface area contributed by atoms with Crippen LogP contribution in [0.2, 0.25) is 0 Å². The molecule has 4 saturated carbocycles. The standard InChI is InChI=1S/C18H22N4O2.BrH/c19-16(23)13-8-21-17-12(1-2-20-17)15(13)22-14-10-3-9-4-11(14)7-18(24,5-9)6-10;/h1-2,8-11,14,24H,3-7H2,(H2,19,23)(H2,20,21,22);1H. The molecule has 0 aliphatic heterocycles. The normalized spacial score (nSPS) is 35.6. The first-order valence-electron chi connectivity index (χ1n) is 8.77. The minimum absolute atomic E-state index is 0. The van der Waals surface area contributed by atoms with Crippen LogP contribution in [0.15, 0.2) is 18.5 Å². The van der Waals surface area contributed by atoms with E-state index in [1.54, 1.807) is 6.20 Å². The van der Waals surface area contributed by atoms with Gasteiger partial charge in [0.05, 0.1) is 16.9 Å². The number of nitrogens with one attached hydrogen (secondary N) is 2. The highest BCUT2D eigenvalue weighted by atomic mass is 79.9. The molecule has 2 atom stereocenters. The van der Waals surface area contributed by atoms with Crippen molar-refractivity contribution in [2.24, 2.45) is 23.5 Å². The summed E-state index contributed by atoms with van der Waals surface area (Å²) in [7, 11) is 0. The van der Waals surface area contributed by atoms with Crippen molar-refractivity contribution in [3.63, 3.8) is 0 Å². The first-order valence-corrected chi connectivity index (χ1v) is 8.77. The Morgan fingerprint density at radius 1 is 1.32 bits per heavy atom. The number of carbonyl (C=O) groups is 1. The van der Waals surface area contributed by atoms with Crippen LogP contribution in [-0.4, -0.2) is 32.6 Å². The lowest BCUT2D eigenvalue weighted by Gasteiger charge is -2.58. The number of fused-ring (bicyclic) bond motifs is 1. The molecule has 2 aromatic heterocycles. The zero-order valence-electron chi connectivity index (χ0n) is 13.9. The maximum Gasteiger partial charge on any atom is 0.252 e. The van der Waals surface area contributed by atoms with Crippen LogP contribution < -0.4 is 11.1 Å². The number of hydrogen-bond acceptors (Lipinski definition) is 4. The minimum Gasteiger partial charge on any atom is -0.390 e. The van der Waals surface area contributed by atoms with E-state index >= 15 is 0 Å². The van der Waals surface area contributed by atoms with E-state index in [4.69, 9.17) is 5.73 Å². The molecule has 4 bridgehead atoms. The molecule has 1 amide bonds. The molecule has 4 fully saturated rings. The summed E-state index contributed by atoms with van der Waals surface area (Å²) in [6.07, 6.45) is 8.42. The van der Waals surface area contributed by atoms with Crippen LogP contribution in [0, 0.1) is 17.8 Å². The van der Waals surface area contributed by atoms with E-state index in [0.717, 1.165) is 36.0 Å². The number of aliphatic hydroxyl groups is 1. The molecule has 2 aromatic rings. The van der Waals surface area contributed by atoms with E-state index in [1.807, 2.05) is 12.3 Å². The smallest absolute Gasteiger partial charge is 0.252 e. The van der Waals surface area contributed by atoms with Gasteiger partial charge in [-0.25, -0.2) is 4.98 Å². The summed E-state index contributed by atoms with van der Waals surface area (Å²) < 4.78 is 0. The third-order valence-corrected chi connectivity index (χ3v) is 6.40. The number of carbonyl (C=O) groups excluding carboxylic acids is 1. The quantitative estimate of drug-likeness (QED) is 0.628. The van der Waals surface area contributed by atoms with Gasteiger partial charge in [0.2, 0.25) is 0 Å². The molecular weight excluding hydrogens is 384 g/mol. The van der Waals surface area contributed by atoms with Crippen LogP contribution in [0.4, 0.5) is 5.69 Å². The van der Waals surface area contributed by atoms with Crippen molar-refractivity contribution in [2.45, 2.75) is 43.7 Å². The van der Waals surface area contributed by atoms with Crippen LogP contribution in [0.25, 0.3) is 11.0 Å². The van der Waals surface area contributed by atoms with Crippen LogP contribution in [0.1, 0.15) is 42.5 Å². The Morgan fingerprint density at radius 3 is 2.68 bits per heavy atom. The number of primary amides is 1. The Kier molecular flexibility index (Phi) is 3.85. The van der Waals surface area contributed by atoms with Crippen molar-refractivity contribution >= 4 is 39.6 Å². The number of halogens is 1. The lowest BCUT2D eigenvalue weighted by Crippen LogP contribution is -2.59.